The zero-order valence-electron chi connectivity index (χ0n) is 21.5. The van der Waals surface area contributed by atoms with Crippen molar-refractivity contribution < 1.29 is 23.8 Å². The average molecular weight is 537 g/mol. The molecule has 200 valence electrons. The third-order valence-corrected chi connectivity index (χ3v) is 6.32. The van der Waals surface area contributed by atoms with Gasteiger partial charge in [0.2, 0.25) is 0 Å². The molecule has 0 saturated heterocycles. The third-order valence-electron chi connectivity index (χ3n) is 6.32. The van der Waals surface area contributed by atoms with Crippen LogP contribution in [-0.4, -0.2) is 41.9 Å². The van der Waals surface area contributed by atoms with Crippen molar-refractivity contribution in [1.82, 2.24) is 9.55 Å². The molecule has 0 radical (unpaired) electrons. The molecule has 0 unspecified atom stereocenters. The molecule has 0 amide bonds. The molecule has 2 atom stereocenters. The van der Waals surface area contributed by atoms with Gasteiger partial charge in [0.1, 0.15) is 17.5 Å². The number of H-pyrrole nitrogens is 1. The van der Waals surface area contributed by atoms with E-state index in [4.69, 9.17) is 14.2 Å². The molecule has 0 spiro atoms. The van der Waals surface area contributed by atoms with Crippen LogP contribution in [0, 0.1) is 6.92 Å². The van der Waals surface area contributed by atoms with Gasteiger partial charge in [0.25, 0.3) is 5.56 Å². The number of nitrogens with zero attached hydrogens (tertiary/aromatic N) is 1. The molecule has 0 aliphatic rings. The molecule has 1 heterocycles. The zero-order chi connectivity index (χ0) is 27.8. The Balaban J connectivity index is 1.74. The summed E-state index contributed by atoms with van der Waals surface area (Å²) in [6.07, 6.45) is -0.603. The Bertz CT molecular complexity index is 1470. The summed E-state index contributed by atoms with van der Waals surface area (Å²) in [4.78, 5) is 50.2. The first-order valence-corrected chi connectivity index (χ1v) is 12.2. The lowest BCUT2D eigenvalue weighted by molar-refractivity contribution is -0.147. The molecular weight excluding hydrogens is 508 g/mol. The Hall–Kier alpha value is -4.60. The predicted octanol–water partition coefficient (Wildman–Crippen LogP) is 3.14. The first kappa shape index (κ1) is 27.4. The lowest BCUT2D eigenvalue weighted by atomic mass is 9.80. The SMILES string of the molecule is COc1ccc(C(O[13CH2][13C@H]([13CH]=O)O[13C@H]([13CH]=O)[15n]2[13cH]c(C)c(=O)[15nH]c2=O)(c2ccccc2)c2ccccc2)cc1. The summed E-state index contributed by atoms with van der Waals surface area (Å²) in [5.74, 6) is 0.665. The highest BCUT2D eigenvalue weighted by Gasteiger charge is 2.38. The summed E-state index contributed by atoms with van der Waals surface area (Å²) >= 11 is 0. The van der Waals surface area contributed by atoms with Crippen molar-refractivity contribution in [3.63, 3.8) is 0 Å². The van der Waals surface area contributed by atoms with Crippen molar-refractivity contribution in [3.05, 3.63) is 134 Å². The molecule has 0 fully saturated rings. The normalized spacial score (nSPS) is 12.9. The van der Waals surface area contributed by atoms with Crippen molar-refractivity contribution in [2.24, 2.45) is 0 Å². The number of ether oxygens (including phenoxy) is 3. The number of benzene rings is 3. The van der Waals surface area contributed by atoms with Gasteiger partial charge in [-0.05, 0) is 35.7 Å². The maximum atomic E-state index is 12.3. The summed E-state index contributed by atoms with van der Waals surface area (Å²) in [5.41, 5.74) is -0.0153. The summed E-state index contributed by atoms with van der Waals surface area (Å²) in [7, 11) is 1.58. The Morgan fingerprint density at radius 3 is 1.92 bits per heavy atom. The minimum atomic E-state index is -1.46. The Labute approximate surface area is 224 Å². The number of carbonyl (C=O) groups excluding carboxylic acids is 2. The summed E-state index contributed by atoms with van der Waals surface area (Å²) < 4.78 is 18.6. The van der Waals surface area contributed by atoms with E-state index >= 15 is 0 Å². The van der Waals surface area contributed by atoms with Crippen LogP contribution in [0.4, 0.5) is 0 Å². The molecule has 39 heavy (non-hydrogen) atoms. The average Bonchev–Trinajstić information content (AvgIpc) is 2.98. The van der Waals surface area contributed by atoms with Gasteiger partial charge >= 0.3 is 5.69 Å². The minimum absolute atomic E-state index is 0.204. The first-order chi connectivity index (χ1) is 18.9. The van der Waals surface area contributed by atoms with E-state index in [-0.39, 0.29) is 12.2 Å². The van der Waals surface area contributed by atoms with Gasteiger partial charge in [-0.15, -0.1) is 0 Å². The topological polar surface area (TPSA) is 117 Å². The van der Waals surface area contributed by atoms with Crippen LogP contribution in [0.1, 0.15) is 28.5 Å². The maximum absolute atomic E-state index is 12.3. The lowest BCUT2D eigenvalue weighted by Gasteiger charge is -2.36. The van der Waals surface area contributed by atoms with Gasteiger partial charge in [-0.25, -0.2) is 4.79 Å². The van der Waals surface area contributed by atoms with E-state index in [1.807, 2.05) is 84.9 Å². The number of aromatic amines is 1. The van der Waals surface area contributed by atoms with E-state index in [0.29, 0.717) is 18.3 Å². The number of nitrogens with one attached hydrogen (secondary N) is 1. The summed E-state index contributed by atoms with van der Waals surface area (Å²) in [5, 5.41) is 0. The smallest absolute Gasteiger partial charge is 0.330 e. The number of aldehydes is 2. The predicted molar refractivity (Wildman–Crippen MR) is 144 cm³/mol. The van der Waals surface area contributed by atoms with Gasteiger partial charge in [-0.3, -0.25) is 19.1 Å². The van der Waals surface area contributed by atoms with Gasteiger partial charge in [-0.1, -0.05) is 72.8 Å². The molecule has 9 nitrogen and oxygen atoms in total. The Morgan fingerprint density at radius 2 is 1.41 bits per heavy atom. The van der Waals surface area contributed by atoms with Crippen LogP contribution in [0.3, 0.4) is 0 Å². The van der Waals surface area contributed by atoms with Crippen molar-refractivity contribution in [3.8, 4) is 5.75 Å². The number of methoxy groups -OCH3 is 1. The minimum Gasteiger partial charge on any atom is -0.497 e. The molecule has 4 aromatic rings. The van der Waals surface area contributed by atoms with E-state index in [9.17, 15) is 19.2 Å². The maximum Gasteiger partial charge on any atom is 0.330 e. The number of carbonyl (C=O) groups is 2. The lowest BCUT2D eigenvalue weighted by Crippen LogP contribution is -2.39. The molecule has 0 saturated carbocycles. The van der Waals surface area contributed by atoms with Crippen LogP contribution in [0.25, 0.3) is 0 Å². The fraction of sp³-hybridized carbons (Fsp3) is 0.200. The molecule has 9 heteroatoms. The van der Waals surface area contributed by atoms with Crippen LogP contribution in [-0.2, 0) is 24.7 Å². The van der Waals surface area contributed by atoms with Gasteiger partial charge in [-0.2, -0.15) is 0 Å². The number of aromatic nitrogens is 2. The van der Waals surface area contributed by atoms with Crippen molar-refractivity contribution in [2.45, 2.75) is 24.9 Å². The second-order valence-electron chi connectivity index (χ2n) is 8.77. The third kappa shape index (κ3) is 5.79. The first-order valence-electron chi connectivity index (χ1n) is 12.2. The highest BCUT2D eigenvalue weighted by atomic mass is 16.7. The molecule has 4 rings (SSSR count). The largest absolute Gasteiger partial charge is 0.497 e. The summed E-state index contributed by atoms with van der Waals surface area (Å²) in [6.45, 7) is 1.22. The number of rotatable bonds is 12. The molecule has 1 N–H and O–H groups in total. The molecule has 1 aromatic heterocycles. The van der Waals surface area contributed by atoms with Gasteiger partial charge in [0.15, 0.2) is 18.8 Å². The highest BCUT2D eigenvalue weighted by Crippen LogP contribution is 2.41. The van der Waals surface area contributed by atoms with Crippen LogP contribution >= 0.6 is 0 Å². The fourth-order valence-electron chi connectivity index (χ4n) is 4.36. The Kier molecular flexibility index (Phi) is 8.65. The fourth-order valence-corrected chi connectivity index (χ4v) is 4.36. The molecule has 3 aromatic carbocycles. The highest BCUT2D eigenvalue weighted by molar-refractivity contribution is 5.59. The number of hydrogen-bond donors (Lipinski definition) is 1. The monoisotopic (exact) mass is 536 g/mol. The molecular formula is C30H28N2O7. The molecule has 0 bridgehead atoms. The van der Waals surface area contributed by atoms with Gasteiger partial charge in [0, 0.05) is 11.8 Å². The zero-order valence-corrected chi connectivity index (χ0v) is 21.5. The second-order valence-corrected chi connectivity index (χ2v) is 8.77. The van der Waals surface area contributed by atoms with Crippen LogP contribution in [0.2, 0.25) is 0 Å². The van der Waals surface area contributed by atoms with E-state index < -0.39 is 29.2 Å². The van der Waals surface area contributed by atoms with Gasteiger partial charge in [0.05, 0.1) is 13.7 Å². The van der Waals surface area contributed by atoms with E-state index in [1.54, 1.807) is 7.11 Å². The molecule has 0 aliphatic carbocycles. The van der Waals surface area contributed by atoms with E-state index in [0.717, 1.165) is 21.3 Å². The quantitative estimate of drug-likeness (QED) is 0.168. The van der Waals surface area contributed by atoms with E-state index in [2.05, 4.69) is 4.98 Å². The second kappa shape index (κ2) is 12.3. The number of hydrogen-bond acceptors (Lipinski definition) is 7. The van der Waals surface area contributed by atoms with E-state index in [1.165, 1.54) is 13.1 Å². The van der Waals surface area contributed by atoms with Crippen LogP contribution in [0.5, 0.6) is 5.75 Å². The van der Waals surface area contributed by atoms with Crippen LogP contribution < -0.4 is 16.0 Å². The van der Waals surface area contributed by atoms with Crippen molar-refractivity contribution >= 4 is 12.6 Å². The number of aryl methyl sites for hydroxylation is 1. The van der Waals surface area contributed by atoms with Crippen molar-refractivity contribution in [2.75, 3.05) is 13.7 Å². The van der Waals surface area contributed by atoms with Crippen molar-refractivity contribution in [1.29, 1.82) is 0 Å². The molecule has 0 aliphatic heterocycles. The van der Waals surface area contributed by atoms with Crippen LogP contribution in [0.15, 0.2) is 101 Å². The Morgan fingerprint density at radius 1 is 0.846 bits per heavy atom. The standard InChI is InChI=1S/C30H28N2O7/c1-21-17-32(29(36)31-28(21)35)27(19-34)39-26(18-33)20-38-30(22-9-5-3-6-10-22,23-11-7-4-8-12-23)24-13-15-25(37-2)16-14-24/h3-19,26-27H,20H2,1-2H3,(H,31,35,36)/t26-,27+/m0/s1/i17+1,18+1,19+1,20+1,26+1,27+1,31+1,32+1. The summed E-state index contributed by atoms with van der Waals surface area (Å²) in [6, 6.07) is 26.4. The van der Waals surface area contributed by atoms with Gasteiger partial charge < -0.3 is 19.0 Å².